The van der Waals surface area contributed by atoms with Crippen LogP contribution in [0.2, 0.25) is 0 Å². The van der Waals surface area contributed by atoms with E-state index in [-0.39, 0.29) is 18.0 Å². The molecule has 0 aliphatic carbocycles. The summed E-state index contributed by atoms with van der Waals surface area (Å²) in [7, 11) is -1.97. The predicted octanol–water partition coefficient (Wildman–Crippen LogP) is 2.75. The van der Waals surface area contributed by atoms with E-state index in [0.717, 1.165) is 16.9 Å². The van der Waals surface area contributed by atoms with Crippen molar-refractivity contribution in [2.75, 3.05) is 13.2 Å². The molecule has 2 aromatic carbocycles. The van der Waals surface area contributed by atoms with Crippen LogP contribution in [0, 0.1) is 11.3 Å². The van der Waals surface area contributed by atoms with Crippen molar-refractivity contribution < 1.29 is 17.9 Å². The van der Waals surface area contributed by atoms with Crippen LogP contribution < -0.4 is 0 Å². The zero-order valence-corrected chi connectivity index (χ0v) is 18.8. The van der Waals surface area contributed by atoms with Crippen LogP contribution in [-0.2, 0) is 33.0 Å². The van der Waals surface area contributed by atoms with Gasteiger partial charge in [-0.05, 0) is 55.7 Å². The average Bonchev–Trinajstić information content (AvgIpc) is 3.40. The third kappa shape index (κ3) is 3.99. The number of benzene rings is 2. The molecule has 8 nitrogen and oxygen atoms in total. The molecule has 0 spiro atoms. The van der Waals surface area contributed by atoms with Crippen molar-refractivity contribution >= 4 is 27.0 Å². The van der Waals surface area contributed by atoms with Crippen LogP contribution in [0.4, 0.5) is 0 Å². The summed E-state index contributed by atoms with van der Waals surface area (Å²) in [4.78, 5) is 17.0. The number of fused-ring (bicyclic) bond motifs is 1. The standard InChI is InChI=1S/C23H24N4O4S/c1-3-31-23(28)21-5-4-12-27(21)32(29,30)18-10-11-20-19(14-18)25-22(26(20)2)13-16-6-8-17(15-24)9-7-16/h6-11,14,21H,3-5,12-13H2,1-2H3. The van der Waals surface area contributed by atoms with Gasteiger partial charge in [0.1, 0.15) is 11.9 Å². The first-order valence-corrected chi connectivity index (χ1v) is 11.9. The van der Waals surface area contributed by atoms with Crippen LogP contribution in [0.25, 0.3) is 11.0 Å². The molecule has 32 heavy (non-hydrogen) atoms. The minimum atomic E-state index is -3.86. The van der Waals surface area contributed by atoms with E-state index in [1.807, 2.05) is 23.7 Å². The number of hydrogen-bond donors (Lipinski definition) is 0. The molecule has 166 valence electrons. The number of nitriles is 1. The number of imidazole rings is 1. The molecular weight excluding hydrogens is 428 g/mol. The maximum Gasteiger partial charge on any atom is 0.324 e. The lowest BCUT2D eigenvalue weighted by Gasteiger charge is -2.22. The van der Waals surface area contributed by atoms with Crippen LogP contribution in [0.3, 0.4) is 0 Å². The fourth-order valence-corrected chi connectivity index (χ4v) is 5.73. The highest BCUT2D eigenvalue weighted by Crippen LogP contribution is 2.29. The maximum absolute atomic E-state index is 13.3. The zero-order chi connectivity index (χ0) is 22.9. The maximum atomic E-state index is 13.3. The van der Waals surface area contributed by atoms with Crippen molar-refractivity contribution in [2.45, 2.75) is 37.1 Å². The molecule has 0 bridgehead atoms. The van der Waals surface area contributed by atoms with Crippen molar-refractivity contribution in [3.63, 3.8) is 0 Å². The van der Waals surface area contributed by atoms with Crippen molar-refractivity contribution in [3.8, 4) is 6.07 Å². The molecule has 1 atom stereocenters. The molecule has 0 radical (unpaired) electrons. The van der Waals surface area contributed by atoms with E-state index >= 15 is 0 Å². The molecule has 0 saturated carbocycles. The van der Waals surface area contributed by atoms with E-state index in [4.69, 9.17) is 10.00 Å². The largest absolute Gasteiger partial charge is 0.465 e. The highest BCUT2D eigenvalue weighted by atomic mass is 32.2. The fourth-order valence-electron chi connectivity index (χ4n) is 4.07. The van der Waals surface area contributed by atoms with E-state index in [0.29, 0.717) is 30.3 Å². The molecule has 0 amide bonds. The number of nitrogens with zero attached hydrogens (tertiary/aromatic N) is 4. The minimum Gasteiger partial charge on any atom is -0.465 e. The van der Waals surface area contributed by atoms with Gasteiger partial charge in [0.15, 0.2) is 0 Å². The second-order valence-electron chi connectivity index (χ2n) is 7.75. The molecule has 9 heteroatoms. The summed E-state index contributed by atoms with van der Waals surface area (Å²) in [6.07, 6.45) is 1.62. The molecule has 1 saturated heterocycles. The predicted molar refractivity (Wildman–Crippen MR) is 118 cm³/mol. The van der Waals surface area contributed by atoms with E-state index in [1.165, 1.54) is 4.31 Å². The Morgan fingerprint density at radius 1 is 1.25 bits per heavy atom. The van der Waals surface area contributed by atoms with Gasteiger partial charge < -0.3 is 9.30 Å². The summed E-state index contributed by atoms with van der Waals surface area (Å²) in [6, 6.07) is 13.5. The number of aryl methyl sites for hydroxylation is 1. The lowest BCUT2D eigenvalue weighted by Crippen LogP contribution is -2.41. The quantitative estimate of drug-likeness (QED) is 0.533. The molecule has 1 aromatic heterocycles. The zero-order valence-electron chi connectivity index (χ0n) is 18.0. The Bertz CT molecular complexity index is 1310. The molecule has 2 heterocycles. The summed E-state index contributed by atoms with van der Waals surface area (Å²) in [5.41, 5.74) is 2.99. The first-order chi connectivity index (χ1) is 15.3. The minimum absolute atomic E-state index is 0.115. The number of hydrogen-bond acceptors (Lipinski definition) is 6. The van der Waals surface area contributed by atoms with Gasteiger partial charge in [0, 0.05) is 20.0 Å². The molecule has 1 unspecified atom stereocenters. The van der Waals surface area contributed by atoms with Gasteiger partial charge >= 0.3 is 5.97 Å². The highest BCUT2D eigenvalue weighted by Gasteiger charge is 2.40. The molecule has 3 aromatic rings. The van der Waals surface area contributed by atoms with Crippen LogP contribution in [-0.4, -0.2) is 47.4 Å². The number of rotatable bonds is 6. The molecule has 0 N–H and O–H groups in total. The third-order valence-electron chi connectivity index (χ3n) is 5.76. The monoisotopic (exact) mass is 452 g/mol. The van der Waals surface area contributed by atoms with Gasteiger partial charge in [0.2, 0.25) is 10.0 Å². The van der Waals surface area contributed by atoms with E-state index < -0.39 is 22.0 Å². The summed E-state index contributed by atoms with van der Waals surface area (Å²) in [5.74, 6) is 0.280. The first-order valence-electron chi connectivity index (χ1n) is 10.5. The molecular formula is C23H24N4O4S. The second kappa shape index (κ2) is 8.73. The SMILES string of the molecule is CCOC(=O)C1CCCN1S(=O)(=O)c1ccc2c(c1)nc(Cc1ccc(C#N)cc1)n2C. The van der Waals surface area contributed by atoms with E-state index in [2.05, 4.69) is 11.1 Å². The smallest absolute Gasteiger partial charge is 0.324 e. The normalized spacial score (nSPS) is 16.8. The van der Waals surface area contributed by atoms with Gasteiger partial charge in [0.05, 0.1) is 34.2 Å². The van der Waals surface area contributed by atoms with Crippen LogP contribution in [0.1, 0.15) is 36.7 Å². The molecule has 1 fully saturated rings. The Morgan fingerprint density at radius 2 is 2.00 bits per heavy atom. The average molecular weight is 453 g/mol. The van der Waals surface area contributed by atoms with Gasteiger partial charge in [-0.25, -0.2) is 13.4 Å². The first kappa shape index (κ1) is 22.0. The summed E-state index contributed by atoms with van der Waals surface area (Å²) in [6.45, 7) is 2.21. The molecule has 1 aliphatic rings. The Labute approximate surface area is 187 Å². The number of sulfonamides is 1. The summed E-state index contributed by atoms with van der Waals surface area (Å²) in [5, 5.41) is 8.96. The van der Waals surface area contributed by atoms with Crippen molar-refractivity contribution in [3.05, 3.63) is 59.4 Å². The Hall–Kier alpha value is -3.22. The number of esters is 1. The van der Waals surface area contributed by atoms with Crippen molar-refractivity contribution in [1.29, 1.82) is 5.26 Å². The number of carbonyl (C=O) groups is 1. The van der Waals surface area contributed by atoms with E-state index in [9.17, 15) is 13.2 Å². The van der Waals surface area contributed by atoms with Crippen LogP contribution in [0.15, 0.2) is 47.4 Å². The van der Waals surface area contributed by atoms with Gasteiger partial charge in [-0.15, -0.1) is 0 Å². The highest BCUT2D eigenvalue weighted by molar-refractivity contribution is 7.89. The summed E-state index contributed by atoms with van der Waals surface area (Å²) < 4.78 is 34.8. The third-order valence-corrected chi connectivity index (χ3v) is 7.66. The Morgan fingerprint density at radius 3 is 2.69 bits per heavy atom. The summed E-state index contributed by atoms with van der Waals surface area (Å²) >= 11 is 0. The molecule has 4 rings (SSSR count). The number of carbonyl (C=O) groups excluding carboxylic acids is 1. The van der Waals surface area contributed by atoms with Gasteiger partial charge in [-0.3, -0.25) is 4.79 Å². The topological polar surface area (TPSA) is 105 Å². The Balaban J connectivity index is 1.64. The Kier molecular flexibility index (Phi) is 6.00. The lowest BCUT2D eigenvalue weighted by atomic mass is 10.1. The fraction of sp³-hybridized carbons (Fsp3) is 0.348. The van der Waals surface area contributed by atoms with Gasteiger partial charge in [0.25, 0.3) is 0 Å². The van der Waals surface area contributed by atoms with Crippen LogP contribution >= 0.6 is 0 Å². The van der Waals surface area contributed by atoms with Gasteiger partial charge in [-0.2, -0.15) is 9.57 Å². The number of aromatic nitrogens is 2. The lowest BCUT2D eigenvalue weighted by molar-refractivity contribution is -0.146. The van der Waals surface area contributed by atoms with Gasteiger partial charge in [-0.1, -0.05) is 12.1 Å². The van der Waals surface area contributed by atoms with Crippen molar-refractivity contribution in [2.24, 2.45) is 7.05 Å². The second-order valence-corrected chi connectivity index (χ2v) is 9.64. The molecule has 1 aliphatic heterocycles. The number of ether oxygens (including phenoxy) is 1. The van der Waals surface area contributed by atoms with Crippen LogP contribution in [0.5, 0.6) is 0 Å². The van der Waals surface area contributed by atoms with E-state index in [1.54, 1.807) is 37.3 Å². The van der Waals surface area contributed by atoms with Crippen molar-refractivity contribution in [1.82, 2.24) is 13.9 Å².